The van der Waals surface area contributed by atoms with Crippen LogP contribution in [0.4, 0.5) is 0 Å². The van der Waals surface area contributed by atoms with E-state index in [1.54, 1.807) is 7.11 Å². The number of allylic oxidation sites excluding steroid dienone is 6. The van der Waals surface area contributed by atoms with Crippen molar-refractivity contribution in [3.8, 4) is 0 Å². The summed E-state index contributed by atoms with van der Waals surface area (Å²) >= 11 is 0. The smallest absolute Gasteiger partial charge is 1.00 e. The van der Waals surface area contributed by atoms with Gasteiger partial charge in [0.15, 0.2) is 0 Å². The van der Waals surface area contributed by atoms with Crippen molar-refractivity contribution < 1.29 is 60.2 Å². The normalized spacial score (nSPS) is 14.6. The van der Waals surface area contributed by atoms with Gasteiger partial charge in [-0.1, -0.05) is 0 Å². The number of methoxy groups -OCH3 is 1. The zero-order chi connectivity index (χ0) is 12.7. The summed E-state index contributed by atoms with van der Waals surface area (Å²) < 4.78 is 10.9. The first-order chi connectivity index (χ1) is 8.03. The molecule has 6 heteroatoms. The molecule has 0 saturated carbocycles. The van der Waals surface area contributed by atoms with Crippen molar-refractivity contribution in [1.82, 2.24) is 0 Å². The maximum atomic E-state index is 5.78. The van der Waals surface area contributed by atoms with Gasteiger partial charge < -0.3 is 34.0 Å². The second-order valence-corrected chi connectivity index (χ2v) is 9.13. The molecule has 0 spiro atoms. The Labute approximate surface area is 155 Å². The summed E-state index contributed by atoms with van der Waals surface area (Å²) in [6, 6.07) is 0. The Balaban J connectivity index is -0.000000312. The molecule has 0 N–H and O–H groups in total. The average molecular weight is 411 g/mol. The van der Waals surface area contributed by atoms with E-state index in [4.69, 9.17) is 9.16 Å². The van der Waals surface area contributed by atoms with Crippen molar-refractivity contribution in [1.29, 1.82) is 0 Å². The zero-order valence-corrected chi connectivity index (χ0v) is 17.3. The summed E-state index contributed by atoms with van der Waals surface area (Å²) in [5.41, 5.74) is 0. The van der Waals surface area contributed by atoms with Crippen LogP contribution in [0.5, 0.6) is 0 Å². The van der Waals surface area contributed by atoms with E-state index in [0.717, 1.165) is 24.4 Å². The molecule has 20 heavy (non-hydrogen) atoms. The minimum absolute atomic E-state index is 0. The van der Waals surface area contributed by atoms with Gasteiger partial charge in [0.1, 0.15) is 0 Å². The van der Waals surface area contributed by atoms with Gasteiger partial charge in [0.2, 0.25) is 8.32 Å². The van der Waals surface area contributed by atoms with E-state index >= 15 is 0 Å². The Bertz CT molecular complexity index is 362. The summed E-state index contributed by atoms with van der Waals surface area (Å²) in [6.45, 7) is 6.46. The molecule has 0 atom stereocenters. The first kappa shape index (κ1) is 25.2. The third-order valence-electron chi connectivity index (χ3n) is 1.98. The Morgan fingerprint density at radius 1 is 1.15 bits per heavy atom. The molecule has 2 rings (SSSR count). The summed E-state index contributed by atoms with van der Waals surface area (Å²) in [7, 11) is 0.158. The van der Waals surface area contributed by atoms with Gasteiger partial charge in [-0.2, -0.15) is 6.08 Å². The van der Waals surface area contributed by atoms with E-state index in [0.29, 0.717) is 0 Å². The predicted octanol–water partition coefficient (Wildman–Crippen LogP) is -2.23. The molecule has 0 radical (unpaired) electrons. The molecule has 0 aromatic heterocycles. The summed E-state index contributed by atoms with van der Waals surface area (Å²) in [5, 5.41) is 0. The van der Waals surface area contributed by atoms with Crippen LogP contribution in [0.3, 0.4) is 0 Å². The molecule has 0 amide bonds. The van der Waals surface area contributed by atoms with Gasteiger partial charge in [-0.05, 0) is 31.2 Å². The molecule has 0 bridgehead atoms. The molecule has 2 aliphatic carbocycles. The van der Waals surface area contributed by atoms with Gasteiger partial charge in [0, 0.05) is 0 Å². The molecular formula is C14H20Cl2O2SiZr. The van der Waals surface area contributed by atoms with Crippen molar-refractivity contribution in [3.63, 3.8) is 0 Å². The molecule has 0 saturated heterocycles. The standard InChI is InChI=1S/C9H15O2Si.C5H5.2ClH.Zr/c1-10-8-6-5-7-9(8)11-12(2,3)4;1-2-4-5-3-1;;;/h7H,5H2,1-4H3;1-3H,4H2;2*1H;/q2*-1;;;+4/p-2. The van der Waals surface area contributed by atoms with E-state index < -0.39 is 8.32 Å². The van der Waals surface area contributed by atoms with Crippen molar-refractivity contribution in [2.45, 2.75) is 32.5 Å². The van der Waals surface area contributed by atoms with E-state index in [9.17, 15) is 0 Å². The second-order valence-electron chi connectivity index (χ2n) is 4.70. The van der Waals surface area contributed by atoms with Crippen molar-refractivity contribution >= 4 is 8.32 Å². The van der Waals surface area contributed by atoms with E-state index in [-0.39, 0.29) is 51.0 Å². The van der Waals surface area contributed by atoms with Gasteiger partial charge in [-0.25, -0.2) is 18.2 Å². The predicted molar refractivity (Wildman–Crippen MR) is 72.5 cm³/mol. The average Bonchev–Trinajstić information content (AvgIpc) is 2.87. The molecule has 0 unspecified atom stereocenters. The topological polar surface area (TPSA) is 18.5 Å². The first-order valence-corrected chi connectivity index (χ1v) is 9.20. The number of hydrogen-bond acceptors (Lipinski definition) is 2. The molecular weight excluding hydrogens is 390 g/mol. The van der Waals surface area contributed by atoms with Gasteiger partial charge in [-0.15, -0.1) is 18.9 Å². The van der Waals surface area contributed by atoms with Crippen LogP contribution in [0.15, 0.2) is 35.8 Å². The van der Waals surface area contributed by atoms with Crippen LogP contribution in [0.2, 0.25) is 19.6 Å². The molecule has 2 nitrogen and oxygen atoms in total. The van der Waals surface area contributed by atoms with Crippen molar-refractivity contribution in [3.05, 3.63) is 48.0 Å². The maximum absolute atomic E-state index is 5.78. The molecule has 2 aliphatic rings. The summed E-state index contributed by atoms with van der Waals surface area (Å²) in [4.78, 5) is 0. The Morgan fingerprint density at radius 2 is 1.80 bits per heavy atom. The third-order valence-corrected chi connectivity index (χ3v) is 2.81. The van der Waals surface area contributed by atoms with Crippen molar-refractivity contribution in [2.75, 3.05) is 7.11 Å². The Morgan fingerprint density at radius 3 is 2.15 bits per heavy atom. The first-order valence-electron chi connectivity index (χ1n) is 5.79. The number of hydrogen-bond donors (Lipinski definition) is 0. The van der Waals surface area contributed by atoms with Crippen LogP contribution in [-0.4, -0.2) is 15.4 Å². The third kappa shape index (κ3) is 11.0. The molecule has 110 valence electrons. The fourth-order valence-corrected chi connectivity index (χ4v) is 2.18. The SMILES string of the molecule is COC1=[C-]CC=C1O[Si](C)(C)C.[C-]1=CC=CC1.[Cl-].[Cl-].[Zr+4]. The van der Waals surface area contributed by atoms with Crippen molar-refractivity contribution in [2.24, 2.45) is 0 Å². The van der Waals surface area contributed by atoms with Gasteiger partial charge in [0.25, 0.3) is 0 Å². The van der Waals surface area contributed by atoms with Crippen LogP contribution >= 0.6 is 0 Å². The van der Waals surface area contributed by atoms with Gasteiger partial charge in [-0.3, -0.25) is 6.08 Å². The van der Waals surface area contributed by atoms with Crippen LogP contribution in [-0.2, 0) is 35.4 Å². The molecule has 0 aliphatic heterocycles. The molecule has 0 aromatic carbocycles. The number of halogens is 2. The van der Waals surface area contributed by atoms with Crippen LogP contribution in [0.1, 0.15) is 12.8 Å². The molecule has 0 fully saturated rings. The number of ether oxygens (including phenoxy) is 1. The van der Waals surface area contributed by atoms with Crippen LogP contribution in [0, 0.1) is 12.2 Å². The fourth-order valence-electron chi connectivity index (χ4n) is 1.35. The van der Waals surface area contributed by atoms with E-state index in [1.165, 1.54) is 0 Å². The minimum Gasteiger partial charge on any atom is -1.00 e. The van der Waals surface area contributed by atoms with E-state index in [1.807, 2.05) is 18.2 Å². The molecule has 0 heterocycles. The second kappa shape index (κ2) is 12.9. The van der Waals surface area contributed by atoms with Gasteiger partial charge >= 0.3 is 26.2 Å². The number of rotatable bonds is 3. The largest absolute Gasteiger partial charge is 4.00 e. The van der Waals surface area contributed by atoms with Crippen LogP contribution in [0.25, 0.3) is 0 Å². The monoisotopic (exact) mass is 408 g/mol. The Hall–Kier alpha value is 0.240. The quantitative estimate of drug-likeness (QED) is 0.388. The molecule has 0 aromatic rings. The fraction of sp³-hybridized carbons (Fsp3) is 0.429. The zero-order valence-electron chi connectivity index (χ0n) is 12.3. The summed E-state index contributed by atoms with van der Waals surface area (Å²) in [6.07, 6.45) is 15.9. The summed E-state index contributed by atoms with van der Waals surface area (Å²) in [5.74, 6) is 1.63. The Kier molecular flexibility index (Phi) is 16.3. The van der Waals surface area contributed by atoms with Crippen LogP contribution < -0.4 is 24.8 Å². The maximum Gasteiger partial charge on any atom is 4.00 e. The minimum atomic E-state index is -1.49. The van der Waals surface area contributed by atoms with Gasteiger partial charge in [0.05, 0.1) is 7.11 Å². The van der Waals surface area contributed by atoms with E-state index in [2.05, 4.69) is 37.9 Å².